The van der Waals surface area contributed by atoms with Crippen LogP contribution in [0.15, 0.2) is 18.2 Å². The van der Waals surface area contributed by atoms with E-state index in [0.29, 0.717) is 25.5 Å². The molecule has 25 heavy (non-hydrogen) atoms. The van der Waals surface area contributed by atoms with Crippen LogP contribution in [-0.2, 0) is 4.74 Å². The maximum atomic E-state index is 12.3. The van der Waals surface area contributed by atoms with E-state index in [2.05, 4.69) is 16.8 Å². The number of pyridine rings is 1. The van der Waals surface area contributed by atoms with E-state index in [1.165, 1.54) is 0 Å². The number of carbonyl (C=O) groups excluding carboxylic acids is 1. The van der Waals surface area contributed by atoms with Gasteiger partial charge in [0.2, 0.25) is 5.88 Å². The van der Waals surface area contributed by atoms with Gasteiger partial charge in [0, 0.05) is 31.7 Å². The lowest BCUT2D eigenvalue weighted by Gasteiger charge is -2.40. The van der Waals surface area contributed by atoms with Gasteiger partial charge < -0.3 is 19.3 Å². The molecule has 6 nitrogen and oxygen atoms in total. The molecule has 0 aliphatic carbocycles. The van der Waals surface area contributed by atoms with Crippen LogP contribution in [0.2, 0.25) is 0 Å². The molecule has 140 valence electrons. The number of rotatable bonds is 2. The zero-order valence-electron chi connectivity index (χ0n) is 16.5. The summed E-state index contributed by atoms with van der Waals surface area (Å²) in [5, 5.41) is 0. The van der Waals surface area contributed by atoms with Crippen molar-refractivity contribution in [3.63, 3.8) is 0 Å². The fourth-order valence-electron chi connectivity index (χ4n) is 2.72. The van der Waals surface area contributed by atoms with Gasteiger partial charge in [-0.2, -0.15) is 4.98 Å². The Morgan fingerprint density at radius 1 is 1.12 bits per heavy atom. The van der Waals surface area contributed by atoms with Crippen molar-refractivity contribution in [1.29, 1.82) is 0 Å². The third-order valence-corrected chi connectivity index (χ3v) is 3.69. The van der Waals surface area contributed by atoms with Crippen LogP contribution < -0.4 is 9.64 Å². The van der Waals surface area contributed by atoms with Gasteiger partial charge in [-0.05, 0) is 54.5 Å². The molecule has 2 rings (SSSR count). The third-order valence-electron chi connectivity index (χ3n) is 3.69. The number of hydrogen-bond acceptors (Lipinski definition) is 5. The van der Waals surface area contributed by atoms with Crippen molar-refractivity contribution in [2.45, 2.75) is 65.7 Å². The van der Waals surface area contributed by atoms with Gasteiger partial charge in [-0.1, -0.05) is 6.07 Å². The molecule has 0 saturated carbocycles. The summed E-state index contributed by atoms with van der Waals surface area (Å²) >= 11 is 0. The van der Waals surface area contributed by atoms with Crippen LogP contribution in [0.1, 0.15) is 48.5 Å². The van der Waals surface area contributed by atoms with E-state index in [1.54, 1.807) is 4.90 Å². The first kappa shape index (κ1) is 19.3. The average Bonchev–Trinajstić information content (AvgIpc) is 2.43. The summed E-state index contributed by atoms with van der Waals surface area (Å²) in [5.74, 6) is 1.49. The molecule has 1 fully saturated rings. The van der Waals surface area contributed by atoms with Gasteiger partial charge >= 0.3 is 6.09 Å². The van der Waals surface area contributed by atoms with E-state index in [-0.39, 0.29) is 17.7 Å². The summed E-state index contributed by atoms with van der Waals surface area (Å²) in [6.45, 7) is 15.7. The van der Waals surface area contributed by atoms with E-state index in [0.717, 1.165) is 5.82 Å². The number of piperazine rings is 1. The fraction of sp³-hybridized carbons (Fsp3) is 0.684. The average molecular weight is 349 g/mol. The van der Waals surface area contributed by atoms with Gasteiger partial charge in [-0.25, -0.2) is 4.79 Å². The monoisotopic (exact) mass is 349 g/mol. The first-order valence-corrected chi connectivity index (χ1v) is 8.85. The Bertz CT molecular complexity index is 605. The van der Waals surface area contributed by atoms with Gasteiger partial charge in [0.1, 0.15) is 17.0 Å². The van der Waals surface area contributed by atoms with Gasteiger partial charge in [0.25, 0.3) is 0 Å². The quantitative estimate of drug-likeness (QED) is 0.815. The maximum absolute atomic E-state index is 12.3. The summed E-state index contributed by atoms with van der Waals surface area (Å²) in [6.07, 6.45) is -0.253. The van der Waals surface area contributed by atoms with Crippen LogP contribution >= 0.6 is 0 Å². The molecule has 0 unspecified atom stereocenters. The summed E-state index contributed by atoms with van der Waals surface area (Å²) in [7, 11) is 0. The van der Waals surface area contributed by atoms with Gasteiger partial charge in [-0.15, -0.1) is 0 Å². The minimum atomic E-state index is -0.475. The van der Waals surface area contributed by atoms with Crippen LogP contribution in [0.3, 0.4) is 0 Å². The van der Waals surface area contributed by atoms with Crippen molar-refractivity contribution in [3.8, 4) is 5.88 Å². The minimum absolute atomic E-state index is 0.152. The molecule has 0 spiro atoms. The summed E-state index contributed by atoms with van der Waals surface area (Å²) < 4.78 is 11.3. The Morgan fingerprint density at radius 2 is 1.80 bits per heavy atom. The van der Waals surface area contributed by atoms with E-state index < -0.39 is 5.60 Å². The molecule has 2 heterocycles. The summed E-state index contributed by atoms with van der Waals surface area (Å²) in [6, 6.07) is 5.96. The largest absolute Gasteiger partial charge is 0.472 e. The lowest BCUT2D eigenvalue weighted by atomic mass is 10.2. The number of ether oxygens (including phenoxy) is 2. The topological polar surface area (TPSA) is 54.9 Å². The van der Waals surface area contributed by atoms with Crippen LogP contribution in [0.4, 0.5) is 10.6 Å². The van der Waals surface area contributed by atoms with Crippen molar-refractivity contribution in [2.75, 3.05) is 24.5 Å². The van der Waals surface area contributed by atoms with E-state index in [9.17, 15) is 4.79 Å². The highest BCUT2D eigenvalue weighted by Crippen LogP contribution is 2.24. The zero-order valence-corrected chi connectivity index (χ0v) is 16.5. The smallest absolute Gasteiger partial charge is 0.410 e. The standard InChI is InChI=1S/C19H31N3O3/c1-14-13-21(17(23)25-19(5,6)7)11-12-22(14)15-9-8-10-16(20-15)24-18(2,3)4/h8-10,14H,11-13H2,1-7H3/t14-/m0/s1. The summed E-state index contributed by atoms with van der Waals surface area (Å²) in [5.41, 5.74) is -0.760. The van der Waals surface area contributed by atoms with E-state index >= 15 is 0 Å². The molecule has 0 N–H and O–H groups in total. The predicted molar refractivity (Wildman–Crippen MR) is 99.2 cm³/mol. The molecule has 1 amide bonds. The highest BCUT2D eigenvalue weighted by molar-refractivity contribution is 5.68. The number of hydrogen-bond donors (Lipinski definition) is 0. The van der Waals surface area contributed by atoms with Crippen molar-refractivity contribution < 1.29 is 14.3 Å². The predicted octanol–water partition coefficient (Wildman–Crippen LogP) is 3.70. The van der Waals surface area contributed by atoms with Crippen molar-refractivity contribution in [2.24, 2.45) is 0 Å². The lowest BCUT2D eigenvalue weighted by Crippen LogP contribution is -2.54. The van der Waals surface area contributed by atoms with Crippen LogP contribution in [0.5, 0.6) is 5.88 Å². The summed E-state index contributed by atoms with van der Waals surface area (Å²) in [4.78, 5) is 20.9. The molecular weight excluding hydrogens is 318 g/mol. The first-order chi connectivity index (χ1) is 11.4. The second-order valence-corrected chi connectivity index (χ2v) is 8.52. The number of carbonyl (C=O) groups is 1. The Balaban J connectivity index is 2.04. The number of nitrogens with zero attached hydrogens (tertiary/aromatic N) is 3. The lowest BCUT2D eigenvalue weighted by molar-refractivity contribution is 0.0218. The molecular formula is C19H31N3O3. The fourth-order valence-corrected chi connectivity index (χ4v) is 2.72. The Labute approximate surface area is 151 Å². The normalized spacial score (nSPS) is 18.9. The molecule has 0 bridgehead atoms. The molecule has 0 aromatic carbocycles. The highest BCUT2D eigenvalue weighted by Gasteiger charge is 2.30. The van der Waals surface area contributed by atoms with E-state index in [4.69, 9.17) is 9.47 Å². The van der Waals surface area contributed by atoms with Crippen LogP contribution in [0, 0.1) is 0 Å². The van der Waals surface area contributed by atoms with Crippen molar-refractivity contribution >= 4 is 11.9 Å². The molecule has 1 aromatic heterocycles. The van der Waals surface area contributed by atoms with Gasteiger partial charge in [0.15, 0.2) is 0 Å². The maximum Gasteiger partial charge on any atom is 0.410 e. The first-order valence-electron chi connectivity index (χ1n) is 8.85. The van der Waals surface area contributed by atoms with Crippen LogP contribution in [0.25, 0.3) is 0 Å². The van der Waals surface area contributed by atoms with Gasteiger partial charge in [0.05, 0.1) is 0 Å². The highest BCUT2D eigenvalue weighted by atomic mass is 16.6. The second kappa shape index (κ2) is 7.10. The zero-order chi connectivity index (χ0) is 18.8. The number of aromatic nitrogens is 1. The minimum Gasteiger partial charge on any atom is -0.472 e. The molecule has 1 aliphatic heterocycles. The third kappa shape index (κ3) is 5.80. The Morgan fingerprint density at radius 3 is 2.36 bits per heavy atom. The van der Waals surface area contributed by atoms with Crippen molar-refractivity contribution in [3.05, 3.63) is 18.2 Å². The molecule has 1 aliphatic rings. The van der Waals surface area contributed by atoms with E-state index in [1.807, 2.05) is 59.7 Å². The molecule has 6 heteroatoms. The molecule has 1 atom stereocenters. The second-order valence-electron chi connectivity index (χ2n) is 8.52. The molecule has 1 saturated heterocycles. The van der Waals surface area contributed by atoms with Gasteiger partial charge in [-0.3, -0.25) is 0 Å². The van der Waals surface area contributed by atoms with Crippen molar-refractivity contribution in [1.82, 2.24) is 9.88 Å². The number of anilines is 1. The molecule has 1 aromatic rings. The number of amides is 1. The Kier molecular flexibility index (Phi) is 5.49. The Hall–Kier alpha value is -1.98. The SMILES string of the molecule is C[C@H]1CN(C(=O)OC(C)(C)C)CCN1c1cccc(OC(C)(C)C)n1. The van der Waals surface area contributed by atoms with Crippen LogP contribution in [-0.4, -0.2) is 52.9 Å². The molecule has 0 radical (unpaired) electrons.